The molecule has 8 nitrogen and oxygen atoms in total. The number of imidazole rings is 2. The third kappa shape index (κ3) is 3.34. The number of hydrogen-bond donors (Lipinski definition) is 0. The van der Waals surface area contributed by atoms with Crippen molar-refractivity contribution in [2.75, 3.05) is 6.61 Å². The average molecular weight is 464 g/mol. The summed E-state index contributed by atoms with van der Waals surface area (Å²) in [5.41, 5.74) is 2.58. The Morgan fingerprint density at radius 1 is 1.00 bits per heavy atom. The molecule has 3 aromatic heterocycles. The van der Waals surface area contributed by atoms with E-state index in [1.807, 2.05) is 66.2 Å². The largest absolute Gasteiger partial charge is 0.494 e. The van der Waals surface area contributed by atoms with Crippen molar-refractivity contribution < 1.29 is 4.74 Å². The second kappa shape index (κ2) is 7.97. The van der Waals surface area contributed by atoms with E-state index in [4.69, 9.17) is 21.3 Å². The topological polar surface area (TPSA) is 75.5 Å². The number of nitrogens with zero attached hydrogens (tertiary/aromatic N) is 5. The van der Waals surface area contributed by atoms with Crippen LogP contribution in [0.25, 0.3) is 28.2 Å². The van der Waals surface area contributed by atoms with Gasteiger partial charge in [0.1, 0.15) is 5.75 Å². The maximum absolute atomic E-state index is 13.0. The van der Waals surface area contributed by atoms with E-state index in [2.05, 4.69) is 0 Å². The van der Waals surface area contributed by atoms with Gasteiger partial charge in [0.25, 0.3) is 5.56 Å². The van der Waals surface area contributed by atoms with Gasteiger partial charge in [0.15, 0.2) is 11.2 Å². The Morgan fingerprint density at radius 2 is 1.73 bits per heavy atom. The third-order valence-electron chi connectivity index (χ3n) is 5.80. The zero-order valence-corrected chi connectivity index (χ0v) is 19.2. The van der Waals surface area contributed by atoms with Crippen LogP contribution >= 0.6 is 11.6 Å². The molecule has 0 N–H and O–H groups in total. The Hall–Kier alpha value is -3.78. The lowest BCUT2D eigenvalue weighted by Crippen LogP contribution is -2.37. The first kappa shape index (κ1) is 21.1. The SMILES string of the molecule is CCOc1ccc(-c2cn3c4c(=O)n(C)c(=O)n(C)c4nc3n2Cc2ccccc2Cl)cc1. The van der Waals surface area contributed by atoms with Gasteiger partial charge in [0, 0.05) is 30.9 Å². The summed E-state index contributed by atoms with van der Waals surface area (Å²) in [5.74, 6) is 1.33. The van der Waals surface area contributed by atoms with Crippen molar-refractivity contribution in [2.45, 2.75) is 13.5 Å². The van der Waals surface area contributed by atoms with Crippen LogP contribution in [0.3, 0.4) is 0 Å². The van der Waals surface area contributed by atoms with Crippen LogP contribution in [0, 0.1) is 0 Å². The molecule has 0 saturated carbocycles. The smallest absolute Gasteiger partial charge is 0.332 e. The number of benzene rings is 2. The molecular weight excluding hydrogens is 442 g/mol. The predicted octanol–water partition coefficient (Wildman–Crippen LogP) is 3.45. The standard InChI is InChI=1S/C24H22ClN5O3/c1-4-33-17-11-9-15(10-12-17)19-14-30-20-21(27(2)24(32)28(3)22(20)31)26-23(30)29(19)13-16-7-5-6-8-18(16)25/h5-12,14H,4,13H2,1-3H3. The van der Waals surface area contributed by atoms with Gasteiger partial charge in [0.05, 0.1) is 18.8 Å². The number of fused-ring (bicyclic) bond motifs is 3. The van der Waals surface area contributed by atoms with Crippen LogP contribution in [0.15, 0.2) is 64.3 Å². The van der Waals surface area contributed by atoms with Gasteiger partial charge in [-0.05, 0) is 42.8 Å². The molecule has 0 spiro atoms. The van der Waals surface area contributed by atoms with Crippen molar-refractivity contribution in [3.8, 4) is 17.0 Å². The molecule has 0 atom stereocenters. The Balaban J connectivity index is 1.81. The van der Waals surface area contributed by atoms with Crippen LogP contribution in [0.1, 0.15) is 12.5 Å². The first-order valence-electron chi connectivity index (χ1n) is 10.5. The molecule has 5 rings (SSSR count). The molecule has 0 aliphatic heterocycles. The number of aryl methyl sites for hydroxylation is 1. The Kier molecular flexibility index (Phi) is 5.09. The molecule has 5 aromatic rings. The van der Waals surface area contributed by atoms with E-state index in [1.54, 1.807) is 11.4 Å². The van der Waals surface area contributed by atoms with Crippen molar-refractivity contribution in [1.29, 1.82) is 0 Å². The van der Waals surface area contributed by atoms with Gasteiger partial charge in [-0.15, -0.1) is 0 Å². The van der Waals surface area contributed by atoms with E-state index in [1.165, 1.54) is 11.6 Å². The van der Waals surface area contributed by atoms with Crippen LogP contribution in [-0.2, 0) is 20.6 Å². The van der Waals surface area contributed by atoms with Crippen molar-refractivity contribution in [3.63, 3.8) is 0 Å². The molecule has 3 heterocycles. The van der Waals surface area contributed by atoms with Gasteiger partial charge < -0.3 is 9.30 Å². The van der Waals surface area contributed by atoms with Crippen LogP contribution in [0.2, 0.25) is 5.02 Å². The minimum absolute atomic E-state index is 0.337. The zero-order valence-electron chi connectivity index (χ0n) is 18.4. The second-order valence-corrected chi connectivity index (χ2v) is 8.22. The van der Waals surface area contributed by atoms with Gasteiger partial charge in [-0.25, -0.2) is 4.79 Å². The number of rotatable bonds is 5. The summed E-state index contributed by atoms with van der Waals surface area (Å²) >= 11 is 6.46. The van der Waals surface area contributed by atoms with E-state index in [-0.39, 0.29) is 0 Å². The molecule has 0 aliphatic rings. The molecule has 0 aliphatic carbocycles. The number of ether oxygens (including phenoxy) is 1. The zero-order chi connectivity index (χ0) is 23.3. The fraction of sp³-hybridized carbons (Fsp3) is 0.208. The molecule has 0 radical (unpaired) electrons. The summed E-state index contributed by atoms with van der Waals surface area (Å²) in [6.45, 7) is 2.97. The highest BCUT2D eigenvalue weighted by Gasteiger charge is 2.21. The highest BCUT2D eigenvalue weighted by Crippen LogP contribution is 2.29. The molecule has 2 aromatic carbocycles. The highest BCUT2D eigenvalue weighted by molar-refractivity contribution is 6.31. The molecular formula is C24H22ClN5O3. The first-order valence-corrected chi connectivity index (χ1v) is 10.9. The summed E-state index contributed by atoms with van der Waals surface area (Å²) in [6.07, 6.45) is 1.88. The van der Waals surface area contributed by atoms with Crippen molar-refractivity contribution >= 4 is 28.5 Å². The molecule has 0 bridgehead atoms. The first-order chi connectivity index (χ1) is 15.9. The summed E-state index contributed by atoms with van der Waals surface area (Å²) in [6, 6.07) is 15.4. The third-order valence-corrected chi connectivity index (χ3v) is 6.17. The fourth-order valence-electron chi connectivity index (χ4n) is 4.09. The van der Waals surface area contributed by atoms with Gasteiger partial charge in [0.2, 0.25) is 5.78 Å². The summed E-state index contributed by atoms with van der Waals surface area (Å²) in [7, 11) is 3.08. The van der Waals surface area contributed by atoms with Gasteiger partial charge in [-0.1, -0.05) is 29.8 Å². The van der Waals surface area contributed by atoms with Crippen LogP contribution < -0.4 is 16.0 Å². The van der Waals surface area contributed by atoms with E-state index >= 15 is 0 Å². The Morgan fingerprint density at radius 3 is 2.42 bits per heavy atom. The number of halogens is 1. The van der Waals surface area contributed by atoms with E-state index in [9.17, 15) is 9.59 Å². The van der Waals surface area contributed by atoms with Gasteiger partial charge in [-0.2, -0.15) is 4.98 Å². The van der Waals surface area contributed by atoms with Gasteiger partial charge in [-0.3, -0.25) is 18.3 Å². The number of aromatic nitrogens is 5. The minimum Gasteiger partial charge on any atom is -0.494 e. The molecule has 33 heavy (non-hydrogen) atoms. The normalized spacial score (nSPS) is 11.5. The summed E-state index contributed by atoms with van der Waals surface area (Å²) < 4.78 is 11.8. The monoisotopic (exact) mass is 463 g/mol. The lowest BCUT2D eigenvalue weighted by atomic mass is 10.1. The van der Waals surface area contributed by atoms with E-state index in [0.29, 0.717) is 35.1 Å². The molecule has 0 saturated heterocycles. The molecule has 0 unspecified atom stereocenters. The maximum Gasteiger partial charge on any atom is 0.332 e. The quantitative estimate of drug-likeness (QED) is 0.400. The molecule has 9 heteroatoms. The number of hydrogen-bond acceptors (Lipinski definition) is 4. The van der Waals surface area contributed by atoms with Crippen molar-refractivity contribution in [3.05, 3.63) is 86.2 Å². The van der Waals surface area contributed by atoms with Crippen LogP contribution in [0.4, 0.5) is 0 Å². The Labute approximate surface area is 193 Å². The van der Waals surface area contributed by atoms with Crippen molar-refractivity contribution in [2.24, 2.45) is 14.1 Å². The predicted molar refractivity (Wildman–Crippen MR) is 128 cm³/mol. The highest BCUT2D eigenvalue weighted by atomic mass is 35.5. The molecule has 168 valence electrons. The second-order valence-electron chi connectivity index (χ2n) is 7.81. The lowest BCUT2D eigenvalue weighted by Gasteiger charge is -2.11. The summed E-state index contributed by atoms with van der Waals surface area (Å²) in [5, 5.41) is 0.640. The van der Waals surface area contributed by atoms with Crippen LogP contribution in [0.5, 0.6) is 5.75 Å². The summed E-state index contributed by atoms with van der Waals surface area (Å²) in [4.78, 5) is 30.1. The van der Waals surface area contributed by atoms with Gasteiger partial charge >= 0.3 is 5.69 Å². The van der Waals surface area contributed by atoms with Crippen molar-refractivity contribution in [1.82, 2.24) is 23.1 Å². The van der Waals surface area contributed by atoms with E-state index < -0.39 is 11.2 Å². The fourth-order valence-corrected chi connectivity index (χ4v) is 4.28. The van der Waals surface area contributed by atoms with Crippen LogP contribution in [-0.4, -0.2) is 29.7 Å². The minimum atomic E-state index is -0.419. The van der Waals surface area contributed by atoms with E-state index in [0.717, 1.165) is 27.1 Å². The molecule has 0 amide bonds. The molecule has 0 fully saturated rings. The lowest BCUT2D eigenvalue weighted by molar-refractivity contribution is 0.340. The average Bonchev–Trinajstić information content (AvgIpc) is 3.35. The Bertz CT molecular complexity index is 1620. The maximum atomic E-state index is 13.0.